The van der Waals surface area contributed by atoms with Crippen molar-refractivity contribution < 1.29 is 14.3 Å². The maximum Gasteiger partial charge on any atom is 0.261 e. The summed E-state index contributed by atoms with van der Waals surface area (Å²) in [4.78, 5) is 27.2. The lowest BCUT2D eigenvalue weighted by Gasteiger charge is -2.30. The largest absolute Gasteiger partial charge is 0.484 e. The number of nitrogens with zero attached hydrogens (tertiary/aromatic N) is 1. The van der Waals surface area contributed by atoms with Crippen LogP contribution in [0.1, 0.15) is 32.3 Å². The average molecular weight is 383 g/mol. The molecule has 0 radical (unpaired) electrons. The van der Waals surface area contributed by atoms with Gasteiger partial charge in [0.2, 0.25) is 5.91 Å². The van der Waals surface area contributed by atoms with E-state index in [2.05, 4.69) is 5.32 Å². The number of ether oxygens (including phenoxy) is 1. The van der Waals surface area contributed by atoms with Crippen molar-refractivity contribution in [2.24, 2.45) is 0 Å². The molecule has 0 saturated heterocycles. The Morgan fingerprint density at radius 3 is 2.25 bits per heavy atom. The maximum absolute atomic E-state index is 12.9. The van der Waals surface area contributed by atoms with Crippen LogP contribution in [0.4, 0.5) is 0 Å². The van der Waals surface area contributed by atoms with Gasteiger partial charge in [-0.25, -0.2) is 0 Å². The van der Waals surface area contributed by atoms with Gasteiger partial charge >= 0.3 is 0 Å². The Kier molecular flexibility index (Phi) is 9.05. The molecule has 0 aliphatic heterocycles. The van der Waals surface area contributed by atoms with Gasteiger partial charge in [-0.2, -0.15) is 0 Å². The van der Waals surface area contributed by atoms with Crippen LogP contribution in [0.15, 0.2) is 60.7 Å². The van der Waals surface area contributed by atoms with Gasteiger partial charge < -0.3 is 15.0 Å². The van der Waals surface area contributed by atoms with E-state index in [1.165, 1.54) is 0 Å². The van der Waals surface area contributed by atoms with E-state index in [1.54, 1.807) is 4.90 Å². The third-order valence-electron chi connectivity index (χ3n) is 4.52. The summed E-state index contributed by atoms with van der Waals surface area (Å²) in [5.74, 6) is 0.353. The smallest absolute Gasteiger partial charge is 0.261 e. The third-order valence-corrected chi connectivity index (χ3v) is 4.52. The average Bonchev–Trinajstić information content (AvgIpc) is 2.74. The molecule has 5 nitrogen and oxygen atoms in total. The number of hydrogen-bond donors (Lipinski definition) is 1. The summed E-state index contributed by atoms with van der Waals surface area (Å²) >= 11 is 0. The Labute approximate surface area is 167 Å². The Balaban J connectivity index is 2.08. The van der Waals surface area contributed by atoms with Crippen molar-refractivity contribution in [2.45, 2.75) is 39.2 Å². The summed E-state index contributed by atoms with van der Waals surface area (Å²) in [6.45, 7) is 4.93. The highest BCUT2D eigenvalue weighted by molar-refractivity contribution is 5.88. The van der Waals surface area contributed by atoms with E-state index in [9.17, 15) is 9.59 Å². The first-order valence-corrected chi connectivity index (χ1v) is 9.94. The minimum atomic E-state index is -0.498. The molecule has 0 fully saturated rings. The van der Waals surface area contributed by atoms with E-state index in [0.717, 1.165) is 12.0 Å². The highest BCUT2D eigenvalue weighted by Gasteiger charge is 2.28. The Hall–Kier alpha value is -2.82. The molecular weight excluding hydrogens is 352 g/mol. The molecular formula is C23H30N2O3. The van der Waals surface area contributed by atoms with Crippen LogP contribution in [0.3, 0.4) is 0 Å². The molecule has 150 valence electrons. The number of rotatable bonds is 11. The molecule has 0 bridgehead atoms. The monoisotopic (exact) mass is 382 g/mol. The number of carbonyl (C=O) groups excluding carboxylic acids is 2. The highest BCUT2D eigenvalue weighted by Crippen LogP contribution is 2.12. The lowest BCUT2D eigenvalue weighted by molar-refractivity contribution is -0.142. The first kappa shape index (κ1) is 21.5. The minimum absolute atomic E-state index is 0.0869. The van der Waals surface area contributed by atoms with Gasteiger partial charge in [0.15, 0.2) is 6.61 Å². The summed E-state index contributed by atoms with van der Waals surface area (Å²) in [6.07, 6.45) is 2.11. The zero-order valence-electron chi connectivity index (χ0n) is 16.8. The second-order valence-electron chi connectivity index (χ2n) is 6.64. The lowest BCUT2D eigenvalue weighted by atomic mass is 10.1. The van der Waals surface area contributed by atoms with Gasteiger partial charge in [-0.05, 0) is 37.0 Å². The quantitative estimate of drug-likeness (QED) is 0.648. The van der Waals surface area contributed by atoms with Gasteiger partial charge in [-0.1, -0.05) is 62.4 Å². The van der Waals surface area contributed by atoms with E-state index >= 15 is 0 Å². The fourth-order valence-corrected chi connectivity index (χ4v) is 3.01. The summed E-state index contributed by atoms with van der Waals surface area (Å²) in [6, 6.07) is 18.7. The van der Waals surface area contributed by atoms with Crippen molar-refractivity contribution in [3.8, 4) is 5.75 Å². The third kappa shape index (κ3) is 6.72. The molecule has 5 heteroatoms. The molecule has 2 amide bonds. The molecule has 2 rings (SSSR count). The first-order valence-electron chi connectivity index (χ1n) is 9.94. The van der Waals surface area contributed by atoms with Gasteiger partial charge in [-0.15, -0.1) is 0 Å². The van der Waals surface area contributed by atoms with E-state index < -0.39 is 6.04 Å². The van der Waals surface area contributed by atoms with Gasteiger partial charge in [0.1, 0.15) is 11.8 Å². The second kappa shape index (κ2) is 11.8. The van der Waals surface area contributed by atoms with Crippen LogP contribution in [0.25, 0.3) is 0 Å². The SMILES string of the molecule is CCCNC(=O)[C@@H](CC)N(CCc1ccccc1)C(=O)COc1ccccc1. The predicted molar refractivity (Wildman–Crippen MR) is 111 cm³/mol. The number of amides is 2. The van der Waals surface area contributed by atoms with Crippen molar-refractivity contribution in [3.05, 3.63) is 66.2 Å². The zero-order chi connectivity index (χ0) is 20.2. The molecule has 28 heavy (non-hydrogen) atoms. The van der Waals surface area contributed by atoms with Crippen LogP contribution >= 0.6 is 0 Å². The number of nitrogens with one attached hydrogen (secondary N) is 1. The number of benzene rings is 2. The summed E-state index contributed by atoms with van der Waals surface area (Å²) in [5, 5.41) is 2.92. The van der Waals surface area contributed by atoms with Crippen LogP contribution in [-0.2, 0) is 16.0 Å². The van der Waals surface area contributed by atoms with Crippen LogP contribution in [0, 0.1) is 0 Å². The van der Waals surface area contributed by atoms with Crippen molar-refractivity contribution in [1.29, 1.82) is 0 Å². The molecule has 1 N–H and O–H groups in total. The second-order valence-corrected chi connectivity index (χ2v) is 6.64. The Morgan fingerprint density at radius 1 is 1.00 bits per heavy atom. The lowest BCUT2D eigenvalue weighted by Crippen LogP contribution is -2.51. The molecule has 0 heterocycles. The van der Waals surface area contributed by atoms with Crippen molar-refractivity contribution in [1.82, 2.24) is 10.2 Å². The van der Waals surface area contributed by atoms with Gasteiger partial charge in [0, 0.05) is 13.1 Å². The molecule has 0 unspecified atom stereocenters. The van der Waals surface area contributed by atoms with Gasteiger partial charge in [-0.3, -0.25) is 9.59 Å². The summed E-state index contributed by atoms with van der Waals surface area (Å²) in [5.41, 5.74) is 1.13. The van der Waals surface area contributed by atoms with Crippen molar-refractivity contribution in [3.63, 3.8) is 0 Å². The van der Waals surface area contributed by atoms with Crippen LogP contribution < -0.4 is 10.1 Å². The summed E-state index contributed by atoms with van der Waals surface area (Å²) < 4.78 is 5.63. The van der Waals surface area contributed by atoms with E-state index in [1.807, 2.05) is 74.5 Å². The van der Waals surface area contributed by atoms with Crippen LogP contribution in [0.5, 0.6) is 5.75 Å². The molecule has 0 spiro atoms. The van der Waals surface area contributed by atoms with Crippen molar-refractivity contribution >= 4 is 11.8 Å². The number of carbonyl (C=O) groups is 2. The fourth-order valence-electron chi connectivity index (χ4n) is 3.01. The van der Waals surface area contributed by atoms with Crippen LogP contribution in [0.2, 0.25) is 0 Å². The molecule has 0 aliphatic rings. The molecule has 0 saturated carbocycles. The van der Waals surface area contributed by atoms with Gasteiger partial charge in [0.25, 0.3) is 5.91 Å². The fraction of sp³-hybridized carbons (Fsp3) is 0.391. The molecule has 0 aliphatic carbocycles. The molecule has 2 aromatic rings. The van der Waals surface area contributed by atoms with Crippen LogP contribution in [-0.4, -0.2) is 42.5 Å². The highest BCUT2D eigenvalue weighted by atomic mass is 16.5. The Morgan fingerprint density at radius 2 is 1.64 bits per heavy atom. The standard InChI is InChI=1S/C23H30N2O3/c1-3-16-24-23(27)21(4-2)25(17-15-19-11-7-5-8-12-19)22(26)18-28-20-13-9-6-10-14-20/h5-14,21H,3-4,15-18H2,1-2H3,(H,24,27)/t21-/m1/s1. The predicted octanol–water partition coefficient (Wildman–Crippen LogP) is 3.44. The number of para-hydroxylation sites is 1. The normalized spacial score (nSPS) is 11.5. The van der Waals surface area contributed by atoms with Gasteiger partial charge in [0.05, 0.1) is 0 Å². The van der Waals surface area contributed by atoms with E-state index in [0.29, 0.717) is 31.7 Å². The maximum atomic E-state index is 12.9. The van der Waals surface area contributed by atoms with E-state index in [4.69, 9.17) is 4.74 Å². The molecule has 0 aromatic heterocycles. The topological polar surface area (TPSA) is 58.6 Å². The van der Waals surface area contributed by atoms with E-state index in [-0.39, 0.29) is 18.4 Å². The minimum Gasteiger partial charge on any atom is -0.484 e. The van der Waals surface area contributed by atoms with Crippen molar-refractivity contribution in [2.75, 3.05) is 19.7 Å². The summed E-state index contributed by atoms with van der Waals surface area (Å²) in [7, 11) is 0. The zero-order valence-corrected chi connectivity index (χ0v) is 16.8. The molecule has 1 atom stereocenters. The number of hydrogen-bond acceptors (Lipinski definition) is 3. The first-order chi connectivity index (χ1) is 13.7. The molecule has 2 aromatic carbocycles. The Bertz CT molecular complexity index is 719.